The van der Waals surface area contributed by atoms with E-state index in [0.717, 1.165) is 12.3 Å². The summed E-state index contributed by atoms with van der Waals surface area (Å²) < 4.78 is 0.196. The molecule has 1 aliphatic rings. The van der Waals surface area contributed by atoms with Crippen molar-refractivity contribution in [3.63, 3.8) is 0 Å². The van der Waals surface area contributed by atoms with Crippen molar-refractivity contribution >= 4 is 11.8 Å². The van der Waals surface area contributed by atoms with Gasteiger partial charge in [0.25, 0.3) is 0 Å². The minimum Gasteiger partial charge on any atom is -0.544 e. The van der Waals surface area contributed by atoms with Crippen LogP contribution in [0.3, 0.4) is 0 Å². The van der Waals surface area contributed by atoms with Gasteiger partial charge in [-0.3, -0.25) is 0 Å². The molecule has 0 amide bonds. The highest BCUT2D eigenvalue weighted by Gasteiger charge is 2.33. The van der Waals surface area contributed by atoms with Crippen molar-refractivity contribution < 1.29 is 14.4 Å². The molecule has 0 aromatic rings. The molecule has 0 radical (unpaired) electrons. The maximum absolute atomic E-state index is 11.1. The Hall–Kier alpha value is -1.46. The number of nitrogens with two attached hydrogens (primary N) is 1. The smallest absolute Gasteiger partial charge is 0.211 e. The highest BCUT2D eigenvalue weighted by atomic mass is 16.4. The molecule has 5 heteroatoms. The number of carbonyl (C=O) groups excluding carboxylic acids is 1. The molecular formula is C23H41N3O2. The number of amidine groups is 1. The zero-order valence-corrected chi connectivity index (χ0v) is 17.9. The van der Waals surface area contributed by atoms with Crippen molar-refractivity contribution in [2.24, 2.45) is 10.7 Å². The van der Waals surface area contributed by atoms with Crippen LogP contribution in [0.2, 0.25) is 0 Å². The molecule has 0 spiro atoms. The molecule has 0 bridgehead atoms. The lowest BCUT2D eigenvalue weighted by Gasteiger charge is -2.32. The summed E-state index contributed by atoms with van der Waals surface area (Å²) in [6, 6.07) is 0. The van der Waals surface area contributed by atoms with Gasteiger partial charge in [-0.15, -0.1) is 0 Å². The van der Waals surface area contributed by atoms with Crippen molar-refractivity contribution in [1.29, 1.82) is 0 Å². The molecule has 160 valence electrons. The normalized spacial score (nSPS) is 18.9. The van der Waals surface area contributed by atoms with Gasteiger partial charge in [-0.25, -0.2) is 9.48 Å². The van der Waals surface area contributed by atoms with Gasteiger partial charge >= 0.3 is 0 Å². The number of carboxylic acid groups (broad SMARTS) is 1. The quantitative estimate of drug-likeness (QED) is 0.217. The Balaban J connectivity index is 2.09. The second-order valence-electron chi connectivity index (χ2n) is 7.92. The first-order valence-corrected chi connectivity index (χ1v) is 11.3. The van der Waals surface area contributed by atoms with Crippen LogP contribution in [0.4, 0.5) is 0 Å². The molecular weight excluding hydrogens is 350 g/mol. The molecule has 1 unspecified atom stereocenters. The highest BCUT2D eigenvalue weighted by Crippen LogP contribution is 2.19. The average molecular weight is 392 g/mol. The molecule has 0 aromatic carbocycles. The Morgan fingerprint density at radius 3 is 2.21 bits per heavy atom. The molecule has 1 heterocycles. The van der Waals surface area contributed by atoms with Crippen molar-refractivity contribution in [2.45, 2.75) is 90.4 Å². The van der Waals surface area contributed by atoms with E-state index in [1.807, 2.05) is 6.20 Å². The lowest BCUT2D eigenvalue weighted by Crippen LogP contribution is -2.54. The SMILES string of the molecule is CCCCCCCCCCCCC/C=C/CC1=NC=C[N+]1(CCN)CC(=O)[O-]. The molecule has 1 atom stereocenters. The number of aliphatic carboxylic acids is 1. The van der Waals surface area contributed by atoms with Crippen LogP contribution in [-0.4, -0.2) is 35.9 Å². The molecule has 0 saturated carbocycles. The van der Waals surface area contributed by atoms with Crippen LogP contribution in [0.5, 0.6) is 0 Å². The first-order chi connectivity index (χ1) is 13.6. The van der Waals surface area contributed by atoms with Gasteiger partial charge in [0.2, 0.25) is 5.84 Å². The summed E-state index contributed by atoms with van der Waals surface area (Å²) in [5.74, 6) is -0.234. The van der Waals surface area contributed by atoms with Gasteiger partial charge in [0, 0.05) is 6.54 Å². The number of hydrogen-bond acceptors (Lipinski definition) is 4. The van der Waals surface area contributed by atoms with Gasteiger partial charge in [0.05, 0.1) is 18.6 Å². The predicted molar refractivity (Wildman–Crippen MR) is 115 cm³/mol. The van der Waals surface area contributed by atoms with Crippen LogP contribution < -0.4 is 10.8 Å². The fourth-order valence-electron chi connectivity index (χ4n) is 3.80. The zero-order chi connectivity index (χ0) is 20.5. The predicted octanol–water partition coefficient (Wildman–Crippen LogP) is 4.04. The summed E-state index contributed by atoms with van der Waals surface area (Å²) in [6.45, 7) is 3.12. The van der Waals surface area contributed by atoms with Crippen molar-refractivity contribution in [3.8, 4) is 0 Å². The van der Waals surface area contributed by atoms with E-state index < -0.39 is 5.97 Å². The third-order valence-corrected chi connectivity index (χ3v) is 5.47. The maximum atomic E-state index is 11.1. The van der Waals surface area contributed by atoms with E-state index in [2.05, 4.69) is 24.1 Å². The van der Waals surface area contributed by atoms with Crippen LogP contribution in [0.15, 0.2) is 29.5 Å². The number of carbonyl (C=O) groups is 1. The number of hydrogen-bond donors (Lipinski definition) is 1. The molecule has 28 heavy (non-hydrogen) atoms. The first-order valence-electron chi connectivity index (χ1n) is 11.3. The summed E-state index contributed by atoms with van der Waals surface area (Å²) in [5.41, 5.74) is 5.68. The Bertz CT molecular complexity index is 514. The van der Waals surface area contributed by atoms with E-state index in [9.17, 15) is 9.90 Å². The number of nitrogens with zero attached hydrogens (tertiary/aromatic N) is 2. The third-order valence-electron chi connectivity index (χ3n) is 5.47. The molecule has 0 saturated heterocycles. The maximum Gasteiger partial charge on any atom is 0.211 e. The van der Waals surface area contributed by atoms with Gasteiger partial charge in [-0.2, -0.15) is 0 Å². The van der Waals surface area contributed by atoms with Crippen LogP contribution in [0.25, 0.3) is 0 Å². The summed E-state index contributed by atoms with van der Waals surface area (Å²) in [6.07, 6.45) is 24.5. The minimum atomic E-state index is -1.07. The number of carboxylic acids is 1. The third kappa shape index (κ3) is 10.2. The second-order valence-corrected chi connectivity index (χ2v) is 7.92. The monoisotopic (exact) mass is 391 g/mol. The van der Waals surface area contributed by atoms with Crippen molar-refractivity contribution in [1.82, 2.24) is 0 Å². The molecule has 0 aliphatic carbocycles. The molecule has 1 rings (SSSR count). The number of quaternary nitrogens is 1. The topological polar surface area (TPSA) is 78.5 Å². The summed E-state index contributed by atoms with van der Waals surface area (Å²) in [5, 5.41) is 11.1. The standard InChI is InChI=1S/C23H41N3O2/c1-2-3-4-5-6-7-8-9-10-11-12-13-14-15-16-22-25-18-20-26(22,19-17-24)21-23(27)28/h14-15,18,20H,2-13,16-17,19,21,24H2,1H3/b15-14+. The zero-order valence-electron chi connectivity index (χ0n) is 17.9. The Labute approximate surface area is 172 Å². The molecule has 5 nitrogen and oxygen atoms in total. The highest BCUT2D eigenvalue weighted by molar-refractivity contribution is 5.82. The summed E-state index contributed by atoms with van der Waals surface area (Å²) in [4.78, 5) is 15.5. The summed E-state index contributed by atoms with van der Waals surface area (Å²) in [7, 11) is 0. The average Bonchev–Trinajstić information content (AvgIpc) is 3.03. The Morgan fingerprint density at radius 1 is 1.04 bits per heavy atom. The van der Waals surface area contributed by atoms with E-state index in [1.54, 1.807) is 6.20 Å². The van der Waals surface area contributed by atoms with E-state index in [0.29, 0.717) is 19.5 Å². The van der Waals surface area contributed by atoms with Gasteiger partial charge < -0.3 is 15.6 Å². The fraction of sp³-hybridized carbons (Fsp3) is 0.739. The van der Waals surface area contributed by atoms with Gasteiger partial charge in [-0.1, -0.05) is 83.3 Å². The molecule has 0 fully saturated rings. The largest absolute Gasteiger partial charge is 0.544 e. The molecule has 2 N–H and O–H groups in total. The lowest BCUT2D eigenvalue weighted by atomic mass is 10.1. The molecule has 1 aliphatic heterocycles. The molecule has 0 aromatic heterocycles. The van der Waals surface area contributed by atoms with Gasteiger partial charge in [-0.05, 0) is 12.8 Å². The summed E-state index contributed by atoms with van der Waals surface area (Å²) >= 11 is 0. The first kappa shape index (κ1) is 24.6. The number of rotatable bonds is 18. The van der Waals surface area contributed by atoms with E-state index in [1.165, 1.54) is 70.6 Å². The van der Waals surface area contributed by atoms with Crippen LogP contribution in [0, 0.1) is 0 Å². The Kier molecular flexibility index (Phi) is 13.6. The number of aliphatic imine (C=N–C) groups is 1. The second kappa shape index (κ2) is 15.5. The minimum absolute atomic E-state index is 0.0982. The Morgan fingerprint density at radius 2 is 1.64 bits per heavy atom. The van der Waals surface area contributed by atoms with E-state index in [4.69, 9.17) is 5.73 Å². The van der Waals surface area contributed by atoms with Crippen molar-refractivity contribution in [3.05, 3.63) is 24.6 Å². The van der Waals surface area contributed by atoms with Crippen LogP contribution in [-0.2, 0) is 4.79 Å². The van der Waals surface area contributed by atoms with Gasteiger partial charge in [0.1, 0.15) is 19.3 Å². The van der Waals surface area contributed by atoms with Crippen LogP contribution in [0.1, 0.15) is 90.4 Å². The fourth-order valence-corrected chi connectivity index (χ4v) is 3.80. The van der Waals surface area contributed by atoms with E-state index in [-0.39, 0.29) is 11.0 Å². The lowest BCUT2D eigenvalue weighted by molar-refractivity contribution is -0.780. The van der Waals surface area contributed by atoms with E-state index >= 15 is 0 Å². The van der Waals surface area contributed by atoms with Crippen molar-refractivity contribution in [2.75, 3.05) is 19.6 Å². The number of unbranched alkanes of at least 4 members (excludes halogenated alkanes) is 11. The van der Waals surface area contributed by atoms with Crippen LogP contribution >= 0.6 is 0 Å². The number of allylic oxidation sites excluding steroid dienone is 1. The van der Waals surface area contributed by atoms with Gasteiger partial charge in [0.15, 0.2) is 0 Å².